The predicted molar refractivity (Wildman–Crippen MR) is 65.1 cm³/mol. The number of benzene rings is 1. The van der Waals surface area contributed by atoms with E-state index in [9.17, 15) is 9.90 Å². The summed E-state index contributed by atoms with van der Waals surface area (Å²) in [5.41, 5.74) is 1.92. The molecule has 3 nitrogen and oxygen atoms in total. The standard InChI is InChI=1S/C12H15BrO3/c1-8-3-4-9(7-10(8)13)11(14)5-6-12(15)16-2/h3-4,7,11,14H,5-6H2,1-2H3. The first-order valence-electron chi connectivity index (χ1n) is 5.05. The van der Waals surface area contributed by atoms with Crippen molar-refractivity contribution in [2.45, 2.75) is 25.9 Å². The first kappa shape index (κ1) is 13.2. The van der Waals surface area contributed by atoms with E-state index >= 15 is 0 Å². The molecule has 0 saturated carbocycles. The van der Waals surface area contributed by atoms with Crippen molar-refractivity contribution in [3.63, 3.8) is 0 Å². The van der Waals surface area contributed by atoms with Crippen LogP contribution in [0, 0.1) is 6.92 Å². The number of hydrogen-bond acceptors (Lipinski definition) is 3. The normalized spacial score (nSPS) is 12.2. The molecular weight excluding hydrogens is 272 g/mol. The van der Waals surface area contributed by atoms with E-state index in [-0.39, 0.29) is 12.4 Å². The maximum Gasteiger partial charge on any atom is 0.305 e. The molecule has 0 spiro atoms. The van der Waals surface area contributed by atoms with E-state index < -0.39 is 6.10 Å². The lowest BCUT2D eigenvalue weighted by Crippen LogP contribution is -2.05. The van der Waals surface area contributed by atoms with Gasteiger partial charge in [-0.05, 0) is 30.5 Å². The zero-order valence-electron chi connectivity index (χ0n) is 9.37. The fraction of sp³-hybridized carbons (Fsp3) is 0.417. The van der Waals surface area contributed by atoms with Crippen LogP contribution in [0.3, 0.4) is 0 Å². The summed E-state index contributed by atoms with van der Waals surface area (Å²) in [6.45, 7) is 1.98. The lowest BCUT2D eigenvalue weighted by molar-refractivity contribution is -0.141. The largest absolute Gasteiger partial charge is 0.469 e. The first-order valence-corrected chi connectivity index (χ1v) is 5.85. The van der Waals surface area contributed by atoms with Crippen LogP contribution in [0.5, 0.6) is 0 Å². The maximum atomic E-state index is 10.9. The van der Waals surface area contributed by atoms with Gasteiger partial charge in [0.2, 0.25) is 0 Å². The van der Waals surface area contributed by atoms with Crippen molar-refractivity contribution in [2.75, 3.05) is 7.11 Å². The Bertz CT molecular complexity index is 377. The van der Waals surface area contributed by atoms with E-state index in [2.05, 4.69) is 20.7 Å². The minimum Gasteiger partial charge on any atom is -0.469 e. The van der Waals surface area contributed by atoms with Gasteiger partial charge in [0.15, 0.2) is 0 Å². The molecular formula is C12H15BrO3. The number of aryl methyl sites for hydroxylation is 1. The van der Waals surface area contributed by atoms with Gasteiger partial charge < -0.3 is 9.84 Å². The van der Waals surface area contributed by atoms with Crippen molar-refractivity contribution in [2.24, 2.45) is 0 Å². The van der Waals surface area contributed by atoms with Gasteiger partial charge in [-0.3, -0.25) is 4.79 Å². The Labute approximate surface area is 104 Å². The van der Waals surface area contributed by atoms with E-state index in [4.69, 9.17) is 0 Å². The average molecular weight is 287 g/mol. The fourth-order valence-electron chi connectivity index (χ4n) is 1.34. The Morgan fingerprint density at radius 3 is 2.81 bits per heavy atom. The molecule has 1 aromatic carbocycles. The zero-order valence-corrected chi connectivity index (χ0v) is 11.0. The van der Waals surface area contributed by atoms with E-state index in [1.54, 1.807) is 0 Å². The number of hydrogen-bond donors (Lipinski definition) is 1. The van der Waals surface area contributed by atoms with Gasteiger partial charge in [0.05, 0.1) is 13.2 Å². The van der Waals surface area contributed by atoms with E-state index in [0.717, 1.165) is 15.6 Å². The smallest absolute Gasteiger partial charge is 0.305 e. The maximum absolute atomic E-state index is 10.9. The summed E-state index contributed by atoms with van der Waals surface area (Å²) < 4.78 is 5.48. The molecule has 1 N–H and O–H groups in total. The third-order valence-electron chi connectivity index (χ3n) is 2.43. The number of methoxy groups -OCH3 is 1. The molecule has 0 fully saturated rings. The molecule has 1 rings (SSSR count). The molecule has 0 aliphatic heterocycles. The first-order chi connectivity index (χ1) is 7.54. The summed E-state index contributed by atoms with van der Waals surface area (Å²) in [5, 5.41) is 9.85. The Morgan fingerprint density at radius 1 is 1.56 bits per heavy atom. The molecule has 1 atom stereocenters. The van der Waals surface area contributed by atoms with Gasteiger partial charge in [-0.1, -0.05) is 28.1 Å². The lowest BCUT2D eigenvalue weighted by atomic mass is 10.0. The van der Waals surface area contributed by atoms with Gasteiger partial charge in [0.25, 0.3) is 0 Å². The summed E-state index contributed by atoms with van der Waals surface area (Å²) in [4.78, 5) is 10.9. The van der Waals surface area contributed by atoms with Gasteiger partial charge in [-0.25, -0.2) is 0 Å². The number of rotatable bonds is 4. The Balaban J connectivity index is 2.62. The highest BCUT2D eigenvalue weighted by Gasteiger charge is 2.11. The average Bonchev–Trinajstić information content (AvgIpc) is 2.29. The van der Waals surface area contributed by atoms with Gasteiger partial charge in [0, 0.05) is 10.9 Å². The van der Waals surface area contributed by atoms with Crippen LogP contribution in [0.25, 0.3) is 0 Å². The number of esters is 1. The Hall–Kier alpha value is -0.870. The lowest BCUT2D eigenvalue weighted by Gasteiger charge is -2.11. The molecule has 0 radical (unpaired) electrons. The molecule has 1 unspecified atom stereocenters. The number of aliphatic hydroxyl groups is 1. The van der Waals surface area contributed by atoms with E-state index in [1.165, 1.54) is 7.11 Å². The minimum absolute atomic E-state index is 0.225. The molecule has 0 aliphatic carbocycles. The van der Waals surface area contributed by atoms with Crippen molar-refractivity contribution in [1.29, 1.82) is 0 Å². The highest BCUT2D eigenvalue weighted by Crippen LogP contribution is 2.24. The van der Waals surface area contributed by atoms with Crippen molar-refractivity contribution in [1.82, 2.24) is 0 Å². The van der Waals surface area contributed by atoms with Crippen LogP contribution in [0.4, 0.5) is 0 Å². The number of carbonyl (C=O) groups excluding carboxylic acids is 1. The molecule has 88 valence electrons. The van der Waals surface area contributed by atoms with Gasteiger partial charge in [0.1, 0.15) is 0 Å². The number of ether oxygens (including phenoxy) is 1. The molecule has 0 saturated heterocycles. The monoisotopic (exact) mass is 286 g/mol. The summed E-state index contributed by atoms with van der Waals surface area (Å²) in [7, 11) is 1.34. The molecule has 4 heteroatoms. The Morgan fingerprint density at radius 2 is 2.25 bits per heavy atom. The molecule has 1 aromatic rings. The van der Waals surface area contributed by atoms with Crippen LogP contribution in [0.2, 0.25) is 0 Å². The highest BCUT2D eigenvalue weighted by atomic mass is 79.9. The number of carbonyl (C=O) groups is 1. The van der Waals surface area contributed by atoms with Crippen LogP contribution in [0.15, 0.2) is 22.7 Å². The van der Waals surface area contributed by atoms with Crippen LogP contribution in [0.1, 0.15) is 30.1 Å². The van der Waals surface area contributed by atoms with Gasteiger partial charge in [-0.15, -0.1) is 0 Å². The zero-order chi connectivity index (χ0) is 12.1. The van der Waals surface area contributed by atoms with Crippen molar-refractivity contribution < 1.29 is 14.6 Å². The SMILES string of the molecule is COC(=O)CCC(O)c1ccc(C)c(Br)c1. The third-order valence-corrected chi connectivity index (χ3v) is 3.28. The molecule has 16 heavy (non-hydrogen) atoms. The number of halogens is 1. The van der Waals surface area contributed by atoms with E-state index in [1.807, 2.05) is 25.1 Å². The second kappa shape index (κ2) is 6.01. The highest BCUT2D eigenvalue weighted by molar-refractivity contribution is 9.10. The summed E-state index contributed by atoms with van der Waals surface area (Å²) in [5.74, 6) is -0.301. The molecule has 0 aromatic heterocycles. The van der Waals surface area contributed by atoms with Crippen LogP contribution >= 0.6 is 15.9 Å². The Kier molecular flexibility index (Phi) is 4.96. The molecule has 0 bridgehead atoms. The van der Waals surface area contributed by atoms with Crippen LogP contribution in [-0.4, -0.2) is 18.2 Å². The number of aliphatic hydroxyl groups excluding tert-OH is 1. The van der Waals surface area contributed by atoms with E-state index in [0.29, 0.717) is 6.42 Å². The summed E-state index contributed by atoms with van der Waals surface area (Å²) in [6, 6.07) is 5.67. The van der Waals surface area contributed by atoms with Crippen LogP contribution < -0.4 is 0 Å². The predicted octanol–water partition coefficient (Wildman–Crippen LogP) is 2.74. The van der Waals surface area contributed by atoms with Gasteiger partial charge in [-0.2, -0.15) is 0 Å². The van der Waals surface area contributed by atoms with Crippen molar-refractivity contribution >= 4 is 21.9 Å². The summed E-state index contributed by atoms with van der Waals surface area (Å²) >= 11 is 3.41. The quantitative estimate of drug-likeness (QED) is 0.866. The second-order valence-corrected chi connectivity index (χ2v) is 4.49. The summed E-state index contributed by atoms with van der Waals surface area (Å²) in [6.07, 6.45) is -0.0262. The molecule has 0 amide bonds. The molecule has 0 aliphatic rings. The fourth-order valence-corrected chi connectivity index (χ4v) is 1.74. The third kappa shape index (κ3) is 3.61. The topological polar surface area (TPSA) is 46.5 Å². The molecule has 0 heterocycles. The van der Waals surface area contributed by atoms with Crippen LogP contribution in [-0.2, 0) is 9.53 Å². The van der Waals surface area contributed by atoms with Crippen molar-refractivity contribution in [3.8, 4) is 0 Å². The van der Waals surface area contributed by atoms with Crippen molar-refractivity contribution in [3.05, 3.63) is 33.8 Å². The minimum atomic E-state index is -0.629. The van der Waals surface area contributed by atoms with Gasteiger partial charge >= 0.3 is 5.97 Å². The second-order valence-electron chi connectivity index (χ2n) is 3.64.